The van der Waals surface area contributed by atoms with E-state index in [1.54, 1.807) is 16.9 Å². The summed E-state index contributed by atoms with van der Waals surface area (Å²) in [5.41, 5.74) is -0.0508. The number of nitrogens with zero attached hydrogens (tertiary/aromatic N) is 2. The van der Waals surface area contributed by atoms with Gasteiger partial charge in [0.05, 0.1) is 16.8 Å². The van der Waals surface area contributed by atoms with Crippen LogP contribution in [0.15, 0.2) is 35.4 Å². The number of benzene rings is 1. The molecule has 1 atom stereocenters. The molecule has 1 amide bonds. The SMILES string of the molecule is CNS(=O)(=O)c1cc(C(=O)O[C@@H](C)C(=O)Nc2ccnn2C(C)C)ccc1Cl. The van der Waals surface area contributed by atoms with Crippen molar-refractivity contribution in [3.8, 4) is 0 Å². The number of nitrogens with one attached hydrogen (secondary N) is 2. The van der Waals surface area contributed by atoms with Crippen molar-refractivity contribution in [2.24, 2.45) is 0 Å². The Morgan fingerprint density at radius 2 is 1.89 bits per heavy atom. The highest BCUT2D eigenvalue weighted by atomic mass is 35.5. The van der Waals surface area contributed by atoms with Crippen molar-refractivity contribution >= 4 is 39.3 Å². The minimum absolute atomic E-state index is 0.0322. The molecule has 9 nitrogen and oxygen atoms in total. The Morgan fingerprint density at radius 1 is 1.21 bits per heavy atom. The Labute approximate surface area is 168 Å². The van der Waals surface area contributed by atoms with Crippen LogP contribution in [0.1, 0.15) is 37.2 Å². The molecule has 0 spiro atoms. The number of rotatable bonds is 7. The topological polar surface area (TPSA) is 119 Å². The normalized spacial score (nSPS) is 12.6. The number of halogens is 1. The van der Waals surface area contributed by atoms with Crippen LogP contribution in [0.3, 0.4) is 0 Å². The molecule has 0 saturated heterocycles. The summed E-state index contributed by atoms with van der Waals surface area (Å²) in [5.74, 6) is -0.936. The van der Waals surface area contributed by atoms with Gasteiger partial charge in [-0.15, -0.1) is 0 Å². The molecule has 2 rings (SSSR count). The minimum atomic E-state index is -3.86. The molecule has 0 saturated carbocycles. The largest absolute Gasteiger partial charge is 0.449 e. The van der Waals surface area contributed by atoms with Crippen molar-refractivity contribution in [1.82, 2.24) is 14.5 Å². The maximum atomic E-state index is 12.3. The second-order valence-corrected chi connectivity index (χ2v) is 8.41. The molecule has 0 bridgehead atoms. The predicted octanol–water partition coefficient (Wildman–Crippen LogP) is 2.21. The van der Waals surface area contributed by atoms with Crippen LogP contribution >= 0.6 is 11.6 Å². The first-order chi connectivity index (χ1) is 13.1. The van der Waals surface area contributed by atoms with Crippen LogP contribution in [0.4, 0.5) is 5.82 Å². The Kier molecular flexibility index (Phi) is 6.81. The van der Waals surface area contributed by atoms with E-state index in [9.17, 15) is 18.0 Å². The third kappa shape index (κ3) is 4.89. The summed E-state index contributed by atoms with van der Waals surface area (Å²) in [6.07, 6.45) is 0.423. The van der Waals surface area contributed by atoms with Gasteiger partial charge in [0.1, 0.15) is 10.7 Å². The van der Waals surface area contributed by atoms with Gasteiger partial charge < -0.3 is 10.1 Å². The second kappa shape index (κ2) is 8.72. The lowest BCUT2D eigenvalue weighted by atomic mass is 10.2. The molecule has 0 unspecified atom stereocenters. The number of carbonyl (C=O) groups excluding carboxylic acids is 2. The standard InChI is InChI=1S/C17H21ClN4O5S/c1-10(2)22-15(7-8-20-22)21-16(23)11(3)27-17(24)12-5-6-13(18)14(9-12)28(25,26)19-4/h5-11,19H,1-4H3,(H,21,23)/t11-/m0/s1. The molecule has 0 aliphatic heterocycles. The second-order valence-electron chi connectivity index (χ2n) is 6.14. The van der Waals surface area contributed by atoms with Gasteiger partial charge in [-0.25, -0.2) is 22.6 Å². The molecule has 0 radical (unpaired) electrons. The lowest BCUT2D eigenvalue weighted by molar-refractivity contribution is -0.123. The first-order valence-corrected chi connectivity index (χ1v) is 10.2. The molecule has 0 aliphatic carbocycles. The highest BCUT2D eigenvalue weighted by Crippen LogP contribution is 2.23. The highest BCUT2D eigenvalue weighted by molar-refractivity contribution is 7.89. The zero-order valence-electron chi connectivity index (χ0n) is 15.8. The summed E-state index contributed by atoms with van der Waals surface area (Å²) >= 11 is 5.90. The zero-order chi connectivity index (χ0) is 21.1. The van der Waals surface area contributed by atoms with Crippen molar-refractivity contribution in [3.05, 3.63) is 41.0 Å². The molecule has 1 aromatic heterocycles. The van der Waals surface area contributed by atoms with E-state index in [4.69, 9.17) is 16.3 Å². The molecule has 152 valence electrons. The van der Waals surface area contributed by atoms with E-state index in [0.717, 1.165) is 6.07 Å². The molecular formula is C17H21ClN4O5S. The molecule has 0 fully saturated rings. The summed E-state index contributed by atoms with van der Waals surface area (Å²) in [4.78, 5) is 24.4. The summed E-state index contributed by atoms with van der Waals surface area (Å²) in [6.45, 7) is 5.22. The van der Waals surface area contributed by atoms with Gasteiger partial charge in [0.15, 0.2) is 6.10 Å². The molecule has 28 heavy (non-hydrogen) atoms. The average molecular weight is 429 g/mol. The Bertz CT molecular complexity index is 987. The van der Waals surface area contributed by atoms with Crippen LogP contribution in [0.2, 0.25) is 5.02 Å². The van der Waals surface area contributed by atoms with Gasteiger partial charge in [-0.05, 0) is 46.0 Å². The monoisotopic (exact) mass is 428 g/mol. The van der Waals surface area contributed by atoms with Crippen molar-refractivity contribution in [1.29, 1.82) is 0 Å². The minimum Gasteiger partial charge on any atom is -0.449 e. The molecule has 2 N–H and O–H groups in total. The van der Waals surface area contributed by atoms with Gasteiger partial charge in [-0.3, -0.25) is 4.79 Å². The summed E-state index contributed by atoms with van der Waals surface area (Å²) in [7, 11) is -2.63. The van der Waals surface area contributed by atoms with Gasteiger partial charge >= 0.3 is 5.97 Å². The summed E-state index contributed by atoms with van der Waals surface area (Å²) < 4.78 is 32.8. The maximum absolute atomic E-state index is 12.3. The van der Waals surface area contributed by atoms with Gasteiger partial charge in [0.25, 0.3) is 5.91 Å². The van der Waals surface area contributed by atoms with Crippen LogP contribution in [0, 0.1) is 0 Å². The van der Waals surface area contributed by atoms with Crippen LogP contribution in [0.5, 0.6) is 0 Å². The van der Waals surface area contributed by atoms with Gasteiger partial charge in [-0.1, -0.05) is 11.6 Å². The fourth-order valence-electron chi connectivity index (χ4n) is 2.28. The van der Waals surface area contributed by atoms with E-state index < -0.39 is 28.0 Å². The van der Waals surface area contributed by atoms with E-state index in [2.05, 4.69) is 15.1 Å². The highest BCUT2D eigenvalue weighted by Gasteiger charge is 2.23. The van der Waals surface area contributed by atoms with E-state index >= 15 is 0 Å². The van der Waals surface area contributed by atoms with Gasteiger partial charge in [-0.2, -0.15) is 5.10 Å². The number of sulfonamides is 1. The molecule has 1 aromatic carbocycles. The first kappa shape index (κ1) is 21.9. The number of carbonyl (C=O) groups is 2. The lowest BCUT2D eigenvalue weighted by Gasteiger charge is -2.16. The molecule has 11 heteroatoms. The molecule has 1 heterocycles. The fraction of sp³-hybridized carbons (Fsp3) is 0.353. The molecule has 2 aromatic rings. The Morgan fingerprint density at radius 3 is 2.50 bits per heavy atom. The number of anilines is 1. The lowest BCUT2D eigenvalue weighted by Crippen LogP contribution is -2.31. The van der Waals surface area contributed by atoms with Crippen molar-refractivity contribution in [2.75, 3.05) is 12.4 Å². The predicted molar refractivity (Wildman–Crippen MR) is 104 cm³/mol. The number of esters is 1. The fourth-order valence-corrected chi connectivity index (χ4v) is 3.53. The van der Waals surface area contributed by atoms with Crippen molar-refractivity contribution in [3.63, 3.8) is 0 Å². The van der Waals surface area contributed by atoms with Crippen LogP contribution in [-0.4, -0.2) is 43.2 Å². The zero-order valence-corrected chi connectivity index (χ0v) is 17.3. The van der Waals surface area contributed by atoms with E-state index in [-0.39, 0.29) is 21.5 Å². The Balaban J connectivity index is 2.13. The quantitative estimate of drug-likeness (QED) is 0.652. The van der Waals surface area contributed by atoms with E-state index in [0.29, 0.717) is 5.82 Å². The molecular weight excluding hydrogens is 408 g/mol. The number of aromatic nitrogens is 2. The average Bonchev–Trinajstić information content (AvgIpc) is 3.10. The third-order valence-electron chi connectivity index (χ3n) is 3.79. The third-order valence-corrected chi connectivity index (χ3v) is 5.68. The number of amides is 1. The van der Waals surface area contributed by atoms with Crippen LogP contribution < -0.4 is 10.0 Å². The Hall–Kier alpha value is -2.43. The van der Waals surface area contributed by atoms with E-state index in [1.165, 1.54) is 26.1 Å². The van der Waals surface area contributed by atoms with Crippen LogP contribution in [0.25, 0.3) is 0 Å². The van der Waals surface area contributed by atoms with Crippen molar-refractivity contribution in [2.45, 2.75) is 37.8 Å². The smallest absolute Gasteiger partial charge is 0.338 e. The van der Waals surface area contributed by atoms with Gasteiger partial charge in [0.2, 0.25) is 10.0 Å². The number of ether oxygens (including phenoxy) is 1. The number of hydrogen-bond donors (Lipinski definition) is 2. The first-order valence-electron chi connectivity index (χ1n) is 8.35. The number of hydrogen-bond acceptors (Lipinski definition) is 6. The van der Waals surface area contributed by atoms with E-state index in [1.807, 2.05) is 13.8 Å². The van der Waals surface area contributed by atoms with Crippen molar-refractivity contribution < 1.29 is 22.7 Å². The van der Waals surface area contributed by atoms with Crippen LogP contribution in [-0.2, 0) is 19.6 Å². The molecule has 0 aliphatic rings. The maximum Gasteiger partial charge on any atom is 0.338 e. The summed E-state index contributed by atoms with van der Waals surface area (Å²) in [5, 5.41) is 6.70. The van der Waals surface area contributed by atoms with Gasteiger partial charge in [0, 0.05) is 12.1 Å². The summed E-state index contributed by atoms with van der Waals surface area (Å²) in [6, 6.07) is 5.34.